The molecule has 1 saturated heterocycles. The molecule has 1 aromatic heterocycles. The van der Waals surface area contributed by atoms with Crippen LogP contribution < -0.4 is 5.32 Å². The molecule has 2 aromatic carbocycles. The Hall–Kier alpha value is -2.80. The van der Waals surface area contributed by atoms with Crippen LogP contribution in [0.1, 0.15) is 42.7 Å². The van der Waals surface area contributed by atoms with Crippen molar-refractivity contribution in [3.63, 3.8) is 0 Å². The van der Waals surface area contributed by atoms with Crippen molar-refractivity contribution in [1.82, 2.24) is 19.7 Å². The van der Waals surface area contributed by atoms with Crippen LogP contribution in [-0.2, 0) is 0 Å². The summed E-state index contributed by atoms with van der Waals surface area (Å²) in [4.78, 5) is 6.88. The van der Waals surface area contributed by atoms with E-state index in [1.807, 2.05) is 0 Å². The van der Waals surface area contributed by atoms with Crippen molar-refractivity contribution >= 4 is 11.6 Å². The summed E-state index contributed by atoms with van der Waals surface area (Å²) in [5.41, 5.74) is 3.75. The minimum Gasteiger partial charge on any atom is -0.323 e. The second kappa shape index (κ2) is 7.80. The van der Waals surface area contributed by atoms with Gasteiger partial charge in [0.2, 0.25) is 5.95 Å². The van der Waals surface area contributed by atoms with Crippen LogP contribution in [-0.4, -0.2) is 38.8 Å². The van der Waals surface area contributed by atoms with Gasteiger partial charge in [0, 0.05) is 17.8 Å². The molecule has 2 fully saturated rings. The average molecular weight is 409 g/mol. The molecule has 1 aliphatic heterocycles. The fourth-order valence-corrected chi connectivity index (χ4v) is 4.40. The van der Waals surface area contributed by atoms with Gasteiger partial charge >= 0.3 is 0 Å². The molecule has 5 nitrogen and oxygen atoms in total. The van der Waals surface area contributed by atoms with E-state index in [4.69, 9.17) is 0 Å². The summed E-state index contributed by atoms with van der Waals surface area (Å²) in [6.45, 7) is 4.46. The maximum Gasteiger partial charge on any atom is 0.246 e. The van der Waals surface area contributed by atoms with Crippen molar-refractivity contribution < 1.29 is 8.78 Å². The summed E-state index contributed by atoms with van der Waals surface area (Å²) in [6, 6.07) is 10.6. The number of hydrogen-bond acceptors (Lipinski definition) is 4. The molecule has 0 spiro atoms. The Balaban J connectivity index is 1.31. The maximum atomic E-state index is 13.5. The first kappa shape index (κ1) is 19.2. The van der Waals surface area contributed by atoms with E-state index in [0.29, 0.717) is 17.6 Å². The first-order valence-corrected chi connectivity index (χ1v) is 10.5. The van der Waals surface area contributed by atoms with E-state index < -0.39 is 11.6 Å². The summed E-state index contributed by atoms with van der Waals surface area (Å²) in [5.74, 6) is -0.335. The van der Waals surface area contributed by atoms with Crippen molar-refractivity contribution in [3.8, 4) is 5.69 Å². The van der Waals surface area contributed by atoms with Crippen molar-refractivity contribution in [1.29, 1.82) is 0 Å². The first-order valence-electron chi connectivity index (χ1n) is 10.5. The van der Waals surface area contributed by atoms with Crippen LogP contribution in [0.2, 0.25) is 0 Å². The topological polar surface area (TPSA) is 46.0 Å². The van der Waals surface area contributed by atoms with Crippen LogP contribution in [0.15, 0.2) is 42.7 Å². The molecule has 3 aromatic rings. The molecular weight excluding hydrogens is 384 g/mol. The highest BCUT2D eigenvalue weighted by atomic mass is 19.1. The Morgan fingerprint density at radius 1 is 0.933 bits per heavy atom. The smallest absolute Gasteiger partial charge is 0.246 e. The molecule has 7 heteroatoms. The SMILES string of the molecule is Cc1cc(Nc2ncn(-c3cc(F)cc(F)c3)n2)cc(C2CCN(C3CC3)CC2)c1. The number of anilines is 2. The number of nitrogens with zero attached hydrogens (tertiary/aromatic N) is 4. The van der Waals surface area contributed by atoms with Crippen LogP contribution in [0.25, 0.3) is 5.69 Å². The Morgan fingerprint density at radius 3 is 2.37 bits per heavy atom. The second-order valence-corrected chi connectivity index (χ2v) is 8.44. The molecule has 0 unspecified atom stereocenters. The maximum absolute atomic E-state index is 13.5. The fraction of sp³-hybridized carbons (Fsp3) is 0.391. The van der Waals surface area contributed by atoms with Crippen LogP contribution in [0.5, 0.6) is 0 Å². The molecular formula is C23H25F2N5. The summed E-state index contributed by atoms with van der Waals surface area (Å²) in [6.07, 6.45) is 6.56. The number of hydrogen-bond donors (Lipinski definition) is 1. The normalized spacial score (nSPS) is 18.0. The summed E-state index contributed by atoms with van der Waals surface area (Å²) < 4.78 is 28.3. The van der Waals surface area contributed by atoms with Gasteiger partial charge in [-0.05, 0) is 87.0 Å². The first-order chi connectivity index (χ1) is 14.5. The van der Waals surface area contributed by atoms with Crippen LogP contribution >= 0.6 is 0 Å². The molecule has 156 valence electrons. The van der Waals surface area contributed by atoms with E-state index in [2.05, 4.69) is 45.4 Å². The lowest BCUT2D eigenvalue weighted by molar-refractivity contribution is 0.203. The summed E-state index contributed by atoms with van der Waals surface area (Å²) >= 11 is 0. The highest BCUT2D eigenvalue weighted by Crippen LogP contribution is 2.35. The Labute approximate surface area is 174 Å². The van der Waals surface area contributed by atoms with Gasteiger partial charge in [-0.1, -0.05) is 6.07 Å². The average Bonchev–Trinajstić information content (AvgIpc) is 3.46. The lowest BCUT2D eigenvalue weighted by atomic mass is 9.88. The Bertz CT molecular complexity index is 1030. The zero-order valence-corrected chi connectivity index (χ0v) is 17.0. The van der Waals surface area contributed by atoms with Crippen molar-refractivity contribution in [2.75, 3.05) is 18.4 Å². The van der Waals surface area contributed by atoms with Gasteiger partial charge in [0.25, 0.3) is 0 Å². The molecule has 2 aliphatic rings. The van der Waals surface area contributed by atoms with Gasteiger partial charge in [0.1, 0.15) is 18.0 Å². The second-order valence-electron chi connectivity index (χ2n) is 8.44. The van der Waals surface area contributed by atoms with Gasteiger partial charge in [0.05, 0.1) is 5.69 Å². The summed E-state index contributed by atoms with van der Waals surface area (Å²) in [7, 11) is 0. The molecule has 0 atom stereocenters. The number of likely N-dealkylation sites (tertiary alicyclic amines) is 1. The third-order valence-electron chi connectivity index (χ3n) is 6.02. The lowest BCUT2D eigenvalue weighted by Crippen LogP contribution is -2.34. The van der Waals surface area contributed by atoms with E-state index >= 15 is 0 Å². The van der Waals surface area contributed by atoms with Crippen LogP contribution in [0.3, 0.4) is 0 Å². The molecule has 0 radical (unpaired) electrons. The zero-order valence-electron chi connectivity index (χ0n) is 17.0. The predicted molar refractivity (Wildman–Crippen MR) is 112 cm³/mol. The number of nitrogens with one attached hydrogen (secondary N) is 1. The number of benzene rings is 2. The number of rotatable bonds is 5. The van der Waals surface area contributed by atoms with E-state index in [1.165, 1.54) is 73.0 Å². The van der Waals surface area contributed by atoms with E-state index in [9.17, 15) is 8.78 Å². The molecule has 30 heavy (non-hydrogen) atoms. The van der Waals surface area contributed by atoms with Gasteiger partial charge in [0.15, 0.2) is 0 Å². The number of piperidine rings is 1. The summed E-state index contributed by atoms with van der Waals surface area (Å²) in [5, 5.41) is 7.56. The van der Waals surface area contributed by atoms with Crippen LogP contribution in [0.4, 0.5) is 20.4 Å². The Morgan fingerprint density at radius 2 is 1.67 bits per heavy atom. The standard InChI is InChI=1S/C23H25F2N5/c1-15-8-17(16-4-6-29(7-5-16)21-2-3-21)10-20(9-15)27-23-26-14-30(28-23)22-12-18(24)11-19(25)13-22/h8-14,16,21H,2-7H2,1H3,(H,27,28). The van der Waals surface area contributed by atoms with Gasteiger partial charge < -0.3 is 10.2 Å². The van der Waals surface area contributed by atoms with Gasteiger partial charge in [-0.3, -0.25) is 0 Å². The minimum absolute atomic E-state index is 0.292. The fourth-order valence-electron chi connectivity index (χ4n) is 4.40. The largest absolute Gasteiger partial charge is 0.323 e. The van der Waals surface area contributed by atoms with Gasteiger partial charge in [-0.15, -0.1) is 5.10 Å². The molecule has 1 saturated carbocycles. The van der Waals surface area contributed by atoms with Crippen molar-refractivity contribution in [2.24, 2.45) is 0 Å². The van der Waals surface area contributed by atoms with E-state index in [-0.39, 0.29) is 0 Å². The Kier molecular flexibility index (Phi) is 4.98. The number of aryl methyl sites for hydroxylation is 1. The monoisotopic (exact) mass is 409 g/mol. The quantitative estimate of drug-likeness (QED) is 0.648. The number of aromatic nitrogens is 3. The van der Waals surface area contributed by atoms with Gasteiger partial charge in [-0.25, -0.2) is 13.5 Å². The molecule has 1 N–H and O–H groups in total. The van der Waals surface area contributed by atoms with Gasteiger partial charge in [-0.2, -0.15) is 4.98 Å². The highest BCUT2D eigenvalue weighted by Gasteiger charge is 2.32. The zero-order chi connectivity index (χ0) is 20.7. The minimum atomic E-state index is -0.647. The number of halogens is 2. The predicted octanol–water partition coefficient (Wildman–Crippen LogP) is 4.94. The molecule has 0 bridgehead atoms. The van der Waals surface area contributed by atoms with Crippen molar-refractivity contribution in [2.45, 2.75) is 44.6 Å². The van der Waals surface area contributed by atoms with E-state index in [1.54, 1.807) is 0 Å². The molecule has 1 aliphatic carbocycles. The molecule has 0 amide bonds. The van der Waals surface area contributed by atoms with E-state index in [0.717, 1.165) is 17.8 Å². The third kappa shape index (κ3) is 4.21. The lowest BCUT2D eigenvalue weighted by Gasteiger charge is -2.32. The molecule has 5 rings (SSSR count). The van der Waals surface area contributed by atoms with Crippen molar-refractivity contribution in [3.05, 3.63) is 65.5 Å². The highest BCUT2D eigenvalue weighted by molar-refractivity contribution is 5.56. The van der Waals surface area contributed by atoms with Crippen LogP contribution in [0, 0.1) is 18.6 Å². The third-order valence-corrected chi connectivity index (χ3v) is 6.02. The molecule has 2 heterocycles.